The second-order valence-corrected chi connectivity index (χ2v) is 14.5. The predicted octanol–water partition coefficient (Wildman–Crippen LogP) is 15.5. The minimum absolute atomic E-state index is 0.917. The highest BCUT2D eigenvalue weighted by Gasteiger charge is 2.18. The molecule has 0 bridgehead atoms. The Labute approximate surface area is 325 Å². The number of para-hydroxylation sites is 2. The van der Waals surface area contributed by atoms with E-state index < -0.39 is 0 Å². The molecular formula is C54H35NO. The SMILES string of the molecule is c1ccc(-c2cc(N(c3ccccc3)c3ccc(-c4cc5ccccc5c5ccccc45)cc3)ccc2-c2ccc3c(ccc4oc5ccccc5c43)c2)cc1. The number of furan rings is 1. The van der Waals surface area contributed by atoms with Gasteiger partial charge < -0.3 is 9.32 Å². The summed E-state index contributed by atoms with van der Waals surface area (Å²) in [6.45, 7) is 0. The predicted molar refractivity (Wildman–Crippen MR) is 237 cm³/mol. The Balaban J connectivity index is 1.04. The fraction of sp³-hybridized carbons (Fsp3) is 0. The van der Waals surface area contributed by atoms with Crippen molar-refractivity contribution in [1.29, 1.82) is 0 Å². The highest BCUT2D eigenvalue weighted by Crippen LogP contribution is 2.43. The van der Waals surface area contributed by atoms with Gasteiger partial charge in [-0.3, -0.25) is 0 Å². The Morgan fingerprint density at radius 1 is 0.286 bits per heavy atom. The molecule has 2 heteroatoms. The Hall–Kier alpha value is -7.42. The highest BCUT2D eigenvalue weighted by atomic mass is 16.3. The van der Waals surface area contributed by atoms with Crippen LogP contribution in [0.2, 0.25) is 0 Å². The van der Waals surface area contributed by atoms with Crippen LogP contribution in [-0.4, -0.2) is 0 Å². The Bertz CT molecular complexity index is 3230. The Morgan fingerprint density at radius 2 is 0.893 bits per heavy atom. The van der Waals surface area contributed by atoms with Gasteiger partial charge in [-0.05, 0) is 126 Å². The number of rotatable bonds is 6. The molecule has 0 saturated heterocycles. The molecule has 1 heterocycles. The lowest BCUT2D eigenvalue weighted by molar-refractivity contribution is 0.669. The molecule has 11 aromatic rings. The van der Waals surface area contributed by atoms with Crippen LogP contribution in [0, 0.1) is 0 Å². The second-order valence-electron chi connectivity index (χ2n) is 14.5. The zero-order chi connectivity index (χ0) is 37.0. The van der Waals surface area contributed by atoms with Crippen LogP contribution in [0.1, 0.15) is 0 Å². The van der Waals surface area contributed by atoms with Gasteiger partial charge in [-0.15, -0.1) is 0 Å². The van der Waals surface area contributed by atoms with Crippen molar-refractivity contribution in [1.82, 2.24) is 0 Å². The van der Waals surface area contributed by atoms with Gasteiger partial charge >= 0.3 is 0 Å². The summed E-state index contributed by atoms with van der Waals surface area (Å²) in [5, 5.41) is 9.77. The maximum Gasteiger partial charge on any atom is 0.136 e. The molecule has 2 nitrogen and oxygen atoms in total. The fourth-order valence-corrected chi connectivity index (χ4v) is 8.61. The third kappa shape index (κ3) is 5.34. The summed E-state index contributed by atoms with van der Waals surface area (Å²) >= 11 is 0. The molecule has 0 saturated carbocycles. The van der Waals surface area contributed by atoms with Crippen molar-refractivity contribution in [3.05, 3.63) is 212 Å². The maximum atomic E-state index is 6.22. The number of hydrogen-bond donors (Lipinski definition) is 0. The van der Waals surface area contributed by atoms with Crippen LogP contribution >= 0.6 is 0 Å². The van der Waals surface area contributed by atoms with E-state index >= 15 is 0 Å². The lowest BCUT2D eigenvalue weighted by Crippen LogP contribution is -2.10. The van der Waals surface area contributed by atoms with Crippen molar-refractivity contribution >= 4 is 71.3 Å². The summed E-state index contributed by atoms with van der Waals surface area (Å²) in [5.41, 5.74) is 12.3. The van der Waals surface area contributed by atoms with E-state index in [1.807, 2.05) is 12.1 Å². The molecule has 56 heavy (non-hydrogen) atoms. The largest absolute Gasteiger partial charge is 0.456 e. The summed E-state index contributed by atoms with van der Waals surface area (Å²) < 4.78 is 6.22. The van der Waals surface area contributed by atoms with Crippen LogP contribution in [0.15, 0.2) is 217 Å². The van der Waals surface area contributed by atoms with Crippen molar-refractivity contribution < 1.29 is 4.42 Å². The fourth-order valence-electron chi connectivity index (χ4n) is 8.61. The summed E-state index contributed by atoms with van der Waals surface area (Å²) in [6, 6.07) is 76.5. The van der Waals surface area contributed by atoms with E-state index in [0.29, 0.717) is 0 Å². The van der Waals surface area contributed by atoms with E-state index in [1.54, 1.807) is 0 Å². The van der Waals surface area contributed by atoms with Crippen molar-refractivity contribution in [2.24, 2.45) is 0 Å². The number of anilines is 3. The van der Waals surface area contributed by atoms with Gasteiger partial charge in [-0.25, -0.2) is 0 Å². The molecule has 0 aliphatic heterocycles. The lowest BCUT2D eigenvalue weighted by atomic mass is 9.91. The average Bonchev–Trinajstić information content (AvgIpc) is 3.66. The third-order valence-corrected chi connectivity index (χ3v) is 11.2. The van der Waals surface area contributed by atoms with Crippen LogP contribution < -0.4 is 4.90 Å². The van der Waals surface area contributed by atoms with Crippen LogP contribution in [-0.2, 0) is 0 Å². The topological polar surface area (TPSA) is 16.4 Å². The average molecular weight is 714 g/mol. The summed E-state index contributed by atoms with van der Waals surface area (Å²) in [6.07, 6.45) is 0. The molecule has 0 amide bonds. The quantitative estimate of drug-likeness (QED) is 0.160. The molecule has 0 N–H and O–H groups in total. The first-order valence-corrected chi connectivity index (χ1v) is 19.2. The minimum Gasteiger partial charge on any atom is -0.456 e. The molecular weight excluding hydrogens is 679 g/mol. The van der Waals surface area contributed by atoms with Crippen molar-refractivity contribution in [3.8, 4) is 33.4 Å². The summed E-state index contributed by atoms with van der Waals surface area (Å²) in [4.78, 5) is 2.36. The van der Waals surface area contributed by atoms with Gasteiger partial charge in [0.15, 0.2) is 0 Å². The van der Waals surface area contributed by atoms with E-state index in [2.05, 4.69) is 205 Å². The first-order chi connectivity index (χ1) is 27.8. The smallest absolute Gasteiger partial charge is 0.136 e. The molecule has 0 radical (unpaired) electrons. The second kappa shape index (κ2) is 13.2. The standard InChI is InChI=1S/C54H35NO/c1-3-13-36(14-4-1)51-35-43(29-31-45(51)39-25-30-46-40(33-39)26-32-53-54(46)49-21-11-12-22-52(49)56-53)55(41-16-5-2-6-17-41)42-27-23-37(24-28-42)50-34-38-15-7-8-18-44(38)47-19-9-10-20-48(47)50/h1-35H. The van der Waals surface area contributed by atoms with E-state index in [9.17, 15) is 0 Å². The van der Waals surface area contributed by atoms with Gasteiger partial charge in [-0.2, -0.15) is 0 Å². The zero-order valence-electron chi connectivity index (χ0n) is 30.6. The molecule has 0 fully saturated rings. The molecule has 0 atom stereocenters. The van der Waals surface area contributed by atoms with E-state index in [0.717, 1.165) is 33.6 Å². The van der Waals surface area contributed by atoms with E-state index in [4.69, 9.17) is 4.42 Å². The Morgan fingerprint density at radius 3 is 1.71 bits per heavy atom. The van der Waals surface area contributed by atoms with Gasteiger partial charge in [-0.1, -0.05) is 152 Å². The van der Waals surface area contributed by atoms with Crippen molar-refractivity contribution in [2.45, 2.75) is 0 Å². The highest BCUT2D eigenvalue weighted by molar-refractivity contribution is 6.19. The van der Waals surface area contributed by atoms with Gasteiger partial charge in [0, 0.05) is 27.8 Å². The van der Waals surface area contributed by atoms with Gasteiger partial charge in [0.2, 0.25) is 0 Å². The number of benzene rings is 10. The van der Waals surface area contributed by atoms with Crippen LogP contribution in [0.5, 0.6) is 0 Å². The van der Waals surface area contributed by atoms with Gasteiger partial charge in [0.1, 0.15) is 11.2 Å². The Kier molecular flexibility index (Phi) is 7.53. The molecule has 0 unspecified atom stereocenters. The first-order valence-electron chi connectivity index (χ1n) is 19.2. The van der Waals surface area contributed by atoms with Gasteiger partial charge in [0.05, 0.1) is 0 Å². The normalized spacial score (nSPS) is 11.6. The minimum atomic E-state index is 0.917. The number of hydrogen-bond acceptors (Lipinski definition) is 2. The van der Waals surface area contributed by atoms with E-state index in [1.165, 1.54) is 71.1 Å². The summed E-state index contributed by atoms with van der Waals surface area (Å²) in [5.74, 6) is 0. The molecule has 10 aromatic carbocycles. The van der Waals surface area contributed by atoms with E-state index in [-0.39, 0.29) is 0 Å². The van der Waals surface area contributed by atoms with Crippen LogP contribution in [0.4, 0.5) is 17.1 Å². The van der Waals surface area contributed by atoms with Crippen molar-refractivity contribution in [3.63, 3.8) is 0 Å². The lowest BCUT2D eigenvalue weighted by Gasteiger charge is -2.27. The van der Waals surface area contributed by atoms with Gasteiger partial charge in [0.25, 0.3) is 0 Å². The third-order valence-electron chi connectivity index (χ3n) is 11.2. The van der Waals surface area contributed by atoms with Crippen LogP contribution in [0.3, 0.4) is 0 Å². The maximum absolute atomic E-state index is 6.22. The van der Waals surface area contributed by atoms with Crippen molar-refractivity contribution in [2.75, 3.05) is 4.90 Å². The number of nitrogens with zero attached hydrogens (tertiary/aromatic N) is 1. The van der Waals surface area contributed by atoms with Crippen LogP contribution in [0.25, 0.3) is 87.6 Å². The molecule has 0 aliphatic carbocycles. The molecule has 1 aromatic heterocycles. The summed E-state index contributed by atoms with van der Waals surface area (Å²) in [7, 11) is 0. The zero-order valence-corrected chi connectivity index (χ0v) is 30.6. The number of fused-ring (bicyclic) bond motifs is 8. The first kappa shape index (κ1) is 32.0. The molecule has 0 aliphatic rings. The molecule has 0 spiro atoms. The molecule has 11 rings (SSSR count). The molecule has 262 valence electrons. The monoisotopic (exact) mass is 713 g/mol.